The maximum atomic E-state index is 8.43. The van der Waals surface area contributed by atoms with Crippen LogP contribution in [0, 0.1) is 6.92 Å². The molecule has 0 unspecified atom stereocenters. The third-order valence-electron chi connectivity index (χ3n) is 1.52. The van der Waals surface area contributed by atoms with Crippen LogP contribution in [0.25, 0.3) is 0 Å². The Bertz CT molecular complexity index is 303. The maximum Gasteiger partial charge on any atom is 0.177 e. The number of halogens is 2. The van der Waals surface area contributed by atoms with Crippen LogP contribution >= 0.6 is 23.2 Å². The van der Waals surface area contributed by atoms with Crippen molar-refractivity contribution in [2.75, 3.05) is 0 Å². The van der Waals surface area contributed by atoms with Gasteiger partial charge in [0.2, 0.25) is 0 Å². The van der Waals surface area contributed by atoms with Gasteiger partial charge in [0.25, 0.3) is 0 Å². The summed E-state index contributed by atoms with van der Waals surface area (Å²) >= 11 is 11.4. The largest absolute Gasteiger partial charge is 0.410 e. The summed E-state index contributed by atoms with van der Waals surface area (Å²) in [5.41, 5.74) is 1.45. The normalized spacial score (nSPS) is 11.8. The molecule has 0 aliphatic heterocycles. The van der Waals surface area contributed by atoms with Gasteiger partial charge in [-0.2, -0.15) is 0 Å². The van der Waals surface area contributed by atoms with Crippen LogP contribution in [0.5, 0.6) is 0 Å². The monoisotopic (exact) mass is 203 g/mol. The van der Waals surface area contributed by atoms with Gasteiger partial charge in [-0.25, -0.2) is 0 Å². The minimum Gasteiger partial charge on any atom is -0.410 e. The fourth-order valence-corrected chi connectivity index (χ4v) is 1.55. The molecule has 0 heterocycles. The SMILES string of the molecule is Cc1cccc(Cl)c1/C(Cl)=N\O. The highest BCUT2D eigenvalue weighted by molar-refractivity contribution is 6.70. The van der Waals surface area contributed by atoms with E-state index in [1.807, 2.05) is 19.1 Å². The van der Waals surface area contributed by atoms with Crippen LogP contribution in [0.1, 0.15) is 11.1 Å². The Morgan fingerprint density at radius 1 is 1.50 bits per heavy atom. The van der Waals surface area contributed by atoms with E-state index in [2.05, 4.69) is 5.16 Å². The van der Waals surface area contributed by atoms with Crippen molar-refractivity contribution in [3.8, 4) is 0 Å². The van der Waals surface area contributed by atoms with E-state index >= 15 is 0 Å². The number of nitrogens with zero attached hydrogens (tertiary/aromatic N) is 1. The molecule has 12 heavy (non-hydrogen) atoms. The molecule has 0 aliphatic carbocycles. The van der Waals surface area contributed by atoms with Crippen LogP contribution in [0.4, 0.5) is 0 Å². The van der Waals surface area contributed by atoms with Gasteiger partial charge in [0.15, 0.2) is 5.17 Å². The molecule has 2 nitrogen and oxygen atoms in total. The molecule has 1 aromatic rings. The Balaban J connectivity index is 3.31. The van der Waals surface area contributed by atoms with Crippen LogP contribution in [-0.4, -0.2) is 10.4 Å². The van der Waals surface area contributed by atoms with Crippen LogP contribution in [0.2, 0.25) is 5.02 Å². The maximum absolute atomic E-state index is 8.43. The second-order valence-corrected chi connectivity index (χ2v) is 3.09. The minimum atomic E-state index is 0.0121. The van der Waals surface area contributed by atoms with E-state index in [1.54, 1.807) is 6.07 Å². The topological polar surface area (TPSA) is 32.6 Å². The van der Waals surface area contributed by atoms with Gasteiger partial charge < -0.3 is 5.21 Å². The second-order valence-electron chi connectivity index (χ2n) is 2.32. The van der Waals surface area contributed by atoms with Gasteiger partial charge in [0.05, 0.1) is 5.02 Å². The third kappa shape index (κ3) is 1.71. The van der Waals surface area contributed by atoms with Gasteiger partial charge >= 0.3 is 0 Å². The van der Waals surface area contributed by atoms with E-state index in [4.69, 9.17) is 28.4 Å². The first-order valence-electron chi connectivity index (χ1n) is 3.30. The third-order valence-corrected chi connectivity index (χ3v) is 2.10. The molecule has 1 aromatic carbocycles. The van der Waals surface area contributed by atoms with Gasteiger partial charge in [-0.15, -0.1) is 0 Å². The Hall–Kier alpha value is -0.730. The van der Waals surface area contributed by atoms with Crippen LogP contribution < -0.4 is 0 Å². The van der Waals surface area contributed by atoms with Crippen molar-refractivity contribution < 1.29 is 5.21 Å². The summed E-state index contributed by atoms with van der Waals surface area (Å²) in [6.45, 7) is 1.84. The van der Waals surface area contributed by atoms with E-state index < -0.39 is 0 Å². The lowest BCUT2D eigenvalue weighted by Crippen LogP contribution is -1.95. The Morgan fingerprint density at radius 2 is 2.17 bits per heavy atom. The first-order chi connectivity index (χ1) is 5.66. The minimum absolute atomic E-state index is 0.0121. The van der Waals surface area contributed by atoms with Gasteiger partial charge in [0.1, 0.15) is 0 Å². The summed E-state index contributed by atoms with van der Waals surface area (Å²) in [5, 5.41) is 11.8. The van der Waals surface area contributed by atoms with Gasteiger partial charge in [-0.05, 0) is 18.6 Å². The van der Waals surface area contributed by atoms with Crippen molar-refractivity contribution >= 4 is 28.4 Å². The highest BCUT2D eigenvalue weighted by atomic mass is 35.5. The standard InChI is InChI=1S/C8H7Cl2NO/c1-5-3-2-4-6(9)7(5)8(10)11-12/h2-4,12H,1H3/b11-8+. The zero-order valence-corrected chi connectivity index (χ0v) is 7.89. The lowest BCUT2D eigenvalue weighted by molar-refractivity contribution is 0.321. The molecule has 0 radical (unpaired) electrons. The fraction of sp³-hybridized carbons (Fsp3) is 0.125. The van der Waals surface area contributed by atoms with E-state index in [0.29, 0.717) is 10.6 Å². The smallest absolute Gasteiger partial charge is 0.177 e. The highest BCUT2D eigenvalue weighted by Crippen LogP contribution is 2.21. The Kier molecular flexibility index (Phi) is 2.95. The molecule has 4 heteroatoms. The molecule has 1 N–H and O–H groups in total. The first kappa shape index (κ1) is 9.36. The molecular weight excluding hydrogens is 197 g/mol. The molecule has 0 atom stereocenters. The summed E-state index contributed by atoms with van der Waals surface area (Å²) in [6.07, 6.45) is 0. The molecule has 64 valence electrons. The van der Waals surface area contributed by atoms with Crippen molar-refractivity contribution in [1.82, 2.24) is 0 Å². The van der Waals surface area contributed by atoms with Gasteiger partial charge in [-0.3, -0.25) is 0 Å². The summed E-state index contributed by atoms with van der Waals surface area (Å²) in [5.74, 6) is 0. The fourth-order valence-electron chi connectivity index (χ4n) is 0.943. The van der Waals surface area contributed by atoms with Crippen molar-refractivity contribution in [2.24, 2.45) is 5.16 Å². The van der Waals surface area contributed by atoms with Crippen molar-refractivity contribution in [2.45, 2.75) is 6.92 Å². The average molecular weight is 204 g/mol. The second kappa shape index (κ2) is 3.78. The molecule has 0 saturated heterocycles. The summed E-state index contributed by atoms with van der Waals surface area (Å²) < 4.78 is 0. The molecule has 0 saturated carbocycles. The average Bonchev–Trinajstić information content (AvgIpc) is 2.03. The summed E-state index contributed by atoms with van der Waals surface area (Å²) in [4.78, 5) is 0. The summed E-state index contributed by atoms with van der Waals surface area (Å²) in [7, 11) is 0. The van der Waals surface area contributed by atoms with Crippen LogP contribution in [0.3, 0.4) is 0 Å². The molecule has 0 aliphatic rings. The van der Waals surface area contributed by atoms with Crippen molar-refractivity contribution in [1.29, 1.82) is 0 Å². The molecular formula is C8H7Cl2NO. The van der Waals surface area contributed by atoms with Crippen molar-refractivity contribution in [3.05, 3.63) is 34.3 Å². The lowest BCUT2D eigenvalue weighted by atomic mass is 10.1. The van der Waals surface area contributed by atoms with Gasteiger partial charge in [-0.1, -0.05) is 40.5 Å². The van der Waals surface area contributed by atoms with Gasteiger partial charge in [0, 0.05) is 5.56 Å². The summed E-state index contributed by atoms with van der Waals surface area (Å²) in [6, 6.07) is 5.34. The predicted molar refractivity (Wildman–Crippen MR) is 50.4 cm³/mol. The highest BCUT2D eigenvalue weighted by Gasteiger charge is 2.08. The van der Waals surface area contributed by atoms with Crippen LogP contribution in [-0.2, 0) is 0 Å². The van der Waals surface area contributed by atoms with E-state index in [1.165, 1.54) is 0 Å². The zero-order chi connectivity index (χ0) is 9.14. The van der Waals surface area contributed by atoms with E-state index in [9.17, 15) is 0 Å². The Morgan fingerprint density at radius 3 is 2.67 bits per heavy atom. The van der Waals surface area contributed by atoms with E-state index in [-0.39, 0.29) is 5.17 Å². The molecule has 0 amide bonds. The molecule has 0 bridgehead atoms. The number of rotatable bonds is 1. The number of benzene rings is 1. The first-order valence-corrected chi connectivity index (χ1v) is 4.05. The van der Waals surface area contributed by atoms with Crippen molar-refractivity contribution in [3.63, 3.8) is 0 Å². The molecule has 0 aromatic heterocycles. The molecule has 0 spiro atoms. The molecule has 0 fully saturated rings. The van der Waals surface area contributed by atoms with E-state index in [0.717, 1.165) is 5.56 Å². The van der Waals surface area contributed by atoms with Crippen LogP contribution in [0.15, 0.2) is 23.4 Å². The lowest BCUT2D eigenvalue weighted by Gasteiger charge is -2.03. The molecule has 1 rings (SSSR count). The zero-order valence-electron chi connectivity index (χ0n) is 6.38. The Labute approximate surface area is 80.4 Å². The quantitative estimate of drug-likeness (QED) is 0.425. The number of hydrogen-bond acceptors (Lipinski definition) is 2. The number of hydrogen-bond donors (Lipinski definition) is 1. The number of oxime groups is 1. The number of aryl methyl sites for hydroxylation is 1. The predicted octanol–water partition coefficient (Wildman–Crippen LogP) is 3.02.